The molecule has 1 unspecified atom stereocenters. The highest BCUT2D eigenvalue weighted by Gasteiger charge is 2.34. The lowest BCUT2D eigenvalue weighted by Crippen LogP contribution is -2.39. The number of carbonyl (C=O) groups excluding carboxylic acids is 1. The second-order valence-electron chi connectivity index (χ2n) is 5.02. The summed E-state index contributed by atoms with van der Waals surface area (Å²) in [7, 11) is 1.40. The molecule has 0 spiro atoms. The first-order chi connectivity index (χ1) is 9.45. The molecule has 1 aromatic rings. The zero-order valence-corrected chi connectivity index (χ0v) is 12.8. The molecule has 2 heterocycles. The summed E-state index contributed by atoms with van der Waals surface area (Å²) in [6.45, 7) is 4.63. The maximum absolute atomic E-state index is 11.9. The van der Waals surface area contributed by atoms with E-state index >= 15 is 0 Å². The van der Waals surface area contributed by atoms with E-state index in [9.17, 15) is 4.79 Å². The number of anilines is 1. The Kier molecular flexibility index (Phi) is 4.23. The first-order valence-corrected chi connectivity index (χ1v) is 6.99. The van der Waals surface area contributed by atoms with Gasteiger partial charge in [0.05, 0.1) is 12.7 Å². The van der Waals surface area contributed by atoms with Gasteiger partial charge in [0.2, 0.25) is 0 Å². The van der Waals surface area contributed by atoms with Crippen molar-refractivity contribution in [2.75, 3.05) is 18.6 Å². The van der Waals surface area contributed by atoms with Gasteiger partial charge in [-0.05, 0) is 38.3 Å². The molecule has 1 saturated heterocycles. The number of nitrogens with zero attached hydrogens (tertiary/aromatic N) is 2. The molecule has 1 aliphatic heterocycles. The normalized spacial score (nSPS) is 18.1. The first kappa shape index (κ1) is 14.7. The Morgan fingerprint density at radius 3 is 2.85 bits per heavy atom. The van der Waals surface area contributed by atoms with Gasteiger partial charge in [-0.2, -0.15) is 0 Å². The summed E-state index contributed by atoms with van der Waals surface area (Å²) in [4.78, 5) is 18.7. The summed E-state index contributed by atoms with van der Waals surface area (Å²) in [6.07, 6.45) is 1.68. The number of aromatic nitrogens is 1. The molecule has 0 saturated carbocycles. The number of carbonyl (C=O) groups is 1. The highest BCUT2D eigenvalue weighted by atomic mass is 32.1. The van der Waals surface area contributed by atoms with Crippen LogP contribution in [0.4, 0.5) is 5.82 Å². The molecular formula is C14H19N3O2S. The van der Waals surface area contributed by atoms with Crippen LogP contribution in [0.5, 0.6) is 0 Å². The molecule has 108 valence electrons. The summed E-state index contributed by atoms with van der Waals surface area (Å²) in [5.74, 6) is 0.459. The van der Waals surface area contributed by atoms with Gasteiger partial charge >= 0.3 is 5.97 Å². The Morgan fingerprint density at radius 1 is 1.55 bits per heavy atom. The van der Waals surface area contributed by atoms with E-state index in [2.05, 4.69) is 4.98 Å². The van der Waals surface area contributed by atoms with Crippen molar-refractivity contribution in [1.82, 2.24) is 4.98 Å². The Morgan fingerprint density at radius 2 is 2.25 bits per heavy atom. The standard InChI is InChI=1S/C14H19N3O2S/c1-8-7-9(2)16-13(11(8)12(15)20)17-6-4-5-10(17)14(18)19-3/h7,10H,4-6H2,1-3H3,(H2,15,20). The quantitative estimate of drug-likeness (QED) is 0.672. The van der Waals surface area contributed by atoms with Crippen LogP contribution in [0.15, 0.2) is 6.07 Å². The van der Waals surface area contributed by atoms with E-state index < -0.39 is 0 Å². The van der Waals surface area contributed by atoms with Crippen LogP contribution in [0, 0.1) is 13.8 Å². The lowest BCUT2D eigenvalue weighted by molar-refractivity contribution is -0.141. The summed E-state index contributed by atoms with van der Waals surface area (Å²) in [5, 5.41) is 0. The van der Waals surface area contributed by atoms with Crippen molar-refractivity contribution in [2.24, 2.45) is 5.73 Å². The fourth-order valence-electron chi connectivity index (χ4n) is 2.73. The fourth-order valence-corrected chi connectivity index (χ4v) is 2.98. The fraction of sp³-hybridized carbons (Fsp3) is 0.500. The summed E-state index contributed by atoms with van der Waals surface area (Å²) in [6, 6.07) is 1.64. The minimum Gasteiger partial charge on any atom is -0.467 e. The van der Waals surface area contributed by atoms with E-state index in [1.807, 2.05) is 24.8 Å². The smallest absolute Gasteiger partial charge is 0.328 e. The Bertz CT molecular complexity index is 560. The molecule has 0 bridgehead atoms. The number of thiocarbonyl (C=S) groups is 1. The van der Waals surface area contributed by atoms with E-state index in [1.54, 1.807) is 0 Å². The van der Waals surface area contributed by atoms with E-state index in [0.29, 0.717) is 10.8 Å². The van der Waals surface area contributed by atoms with Crippen molar-refractivity contribution in [3.8, 4) is 0 Å². The number of esters is 1. The zero-order chi connectivity index (χ0) is 14.9. The van der Waals surface area contributed by atoms with Crippen LogP contribution in [-0.4, -0.2) is 35.6 Å². The molecule has 6 heteroatoms. The number of ether oxygens (including phenoxy) is 1. The van der Waals surface area contributed by atoms with E-state index in [4.69, 9.17) is 22.7 Å². The van der Waals surface area contributed by atoms with Gasteiger partial charge in [-0.25, -0.2) is 9.78 Å². The summed E-state index contributed by atoms with van der Waals surface area (Å²) < 4.78 is 4.87. The van der Waals surface area contributed by atoms with Gasteiger partial charge in [0, 0.05) is 12.2 Å². The first-order valence-electron chi connectivity index (χ1n) is 6.58. The van der Waals surface area contributed by atoms with E-state index in [0.717, 1.165) is 36.2 Å². The van der Waals surface area contributed by atoms with Crippen molar-refractivity contribution in [1.29, 1.82) is 0 Å². The molecule has 1 fully saturated rings. The lowest BCUT2D eigenvalue weighted by atomic mass is 10.1. The second-order valence-corrected chi connectivity index (χ2v) is 5.46. The molecule has 0 aromatic carbocycles. The lowest BCUT2D eigenvalue weighted by Gasteiger charge is -2.26. The van der Waals surface area contributed by atoms with Crippen LogP contribution in [0.1, 0.15) is 29.7 Å². The number of nitrogens with two attached hydrogens (primary N) is 1. The van der Waals surface area contributed by atoms with E-state index in [-0.39, 0.29) is 12.0 Å². The number of pyridine rings is 1. The minimum atomic E-state index is -0.304. The monoisotopic (exact) mass is 293 g/mol. The second kappa shape index (κ2) is 5.75. The number of aryl methyl sites for hydroxylation is 2. The van der Waals surface area contributed by atoms with Crippen LogP contribution in [-0.2, 0) is 9.53 Å². The van der Waals surface area contributed by atoms with Gasteiger partial charge in [-0.1, -0.05) is 12.2 Å². The SMILES string of the molecule is COC(=O)C1CCCN1c1nc(C)cc(C)c1C(N)=S. The molecule has 2 rings (SSSR count). The third-order valence-electron chi connectivity index (χ3n) is 3.57. The largest absolute Gasteiger partial charge is 0.467 e. The van der Waals surface area contributed by atoms with Crippen molar-refractivity contribution in [2.45, 2.75) is 32.7 Å². The van der Waals surface area contributed by atoms with Crippen LogP contribution in [0.2, 0.25) is 0 Å². The molecule has 2 N–H and O–H groups in total. The van der Waals surface area contributed by atoms with Gasteiger partial charge in [-0.15, -0.1) is 0 Å². The molecule has 0 radical (unpaired) electrons. The molecule has 5 nitrogen and oxygen atoms in total. The number of rotatable bonds is 3. The van der Waals surface area contributed by atoms with Crippen molar-refractivity contribution >= 4 is 29.0 Å². The van der Waals surface area contributed by atoms with Crippen LogP contribution in [0.25, 0.3) is 0 Å². The zero-order valence-electron chi connectivity index (χ0n) is 12.0. The van der Waals surface area contributed by atoms with Gasteiger partial charge in [-0.3, -0.25) is 0 Å². The highest BCUT2D eigenvalue weighted by Crippen LogP contribution is 2.29. The van der Waals surface area contributed by atoms with Gasteiger partial charge in [0.25, 0.3) is 0 Å². The number of hydrogen-bond donors (Lipinski definition) is 1. The van der Waals surface area contributed by atoms with Crippen LogP contribution < -0.4 is 10.6 Å². The molecule has 20 heavy (non-hydrogen) atoms. The predicted octanol–water partition coefficient (Wildman–Crippen LogP) is 1.47. The third-order valence-corrected chi connectivity index (χ3v) is 3.77. The van der Waals surface area contributed by atoms with Crippen molar-refractivity contribution < 1.29 is 9.53 Å². The summed E-state index contributed by atoms with van der Waals surface area (Å²) in [5.41, 5.74) is 8.45. The minimum absolute atomic E-state index is 0.239. The van der Waals surface area contributed by atoms with Crippen molar-refractivity contribution in [3.63, 3.8) is 0 Å². The third kappa shape index (κ3) is 2.60. The van der Waals surface area contributed by atoms with E-state index in [1.165, 1.54) is 7.11 Å². The molecular weight excluding hydrogens is 274 g/mol. The van der Waals surface area contributed by atoms with Gasteiger partial charge in [0.1, 0.15) is 16.8 Å². The Labute approximate surface area is 124 Å². The molecule has 1 aromatic heterocycles. The predicted molar refractivity (Wildman–Crippen MR) is 82.0 cm³/mol. The highest BCUT2D eigenvalue weighted by molar-refractivity contribution is 7.80. The van der Waals surface area contributed by atoms with Gasteiger partial charge in [0.15, 0.2) is 0 Å². The number of methoxy groups -OCH3 is 1. The average Bonchev–Trinajstić information content (AvgIpc) is 2.85. The molecule has 0 amide bonds. The van der Waals surface area contributed by atoms with Crippen LogP contribution >= 0.6 is 12.2 Å². The summed E-state index contributed by atoms with van der Waals surface area (Å²) >= 11 is 5.14. The Hall–Kier alpha value is -1.69. The van der Waals surface area contributed by atoms with Crippen molar-refractivity contribution in [3.05, 3.63) is 22.9 Å². The van der Waals surface area contributed by atoms with Crippen LogP contribution in [0.3, 0.4) is 0 Å². The average molecular weight is 293 g/mol. The topological polar surface area (TPSA) is 68.5 Å². The Balaban J connectivity index is 2.51. The van der Waals surface area contributed by atoms with Gasteiger partial charge < -0.3 is 15.4 Å². The molecule has 1 atom stereocenters. The maximum atomic E-state index is 11.9. The number of hydrogen-bond acceptors (Lipinski definition) is 5. The maximum Gasteiger partial charge on any atom is 0.328 e. The molecule has 1 aliphatic rings. The molecule has 0 aliphatic carbocycles.